The molecule has 1 atom stereocenters. The first-order chi connectivity index (χ1) is 10.6. The fourth-order valence-electron chi connectivity index (χ4n) is 4.56. The van der Waals surface area contributed by atoms with Crippen molar-refractivity contribution in [2.45, 2.75) is 64.5 Å². The maximum Gasteiger partial charge on any atom is 0.239 e. The molecule has 0 aromatic rings. The van der Waals surface area contributed by atoms with Gasteiger partial charge in [-0.25, -0.2) is 0 Å². The van der Waals surface area contributed by atoms with Crippen LogP contribution in [0.3, 0.4) is 0 Å². The highest BCUT2D eigenvalue weighted by Gasteiger charge is 2.32. The second-order valence-corrected chi connectivity index (χ2v) is 7.82. The van der Waals surface area contributed by atoms with Crippen LogP contribution in [0.2, 0.25) is 0 Å². The van der Waals surface area contributed by atoms with Crippen LogP contribution in [0.1, 0.15) is 52.4 Å². The van der Waals surface area contributed by atoms with Crippen molar-refractivity contribution in [1.82, 2.24) is 15.1 Å². The predicted molar refractivity (Wildman–Crippen MR) is 89.8 cm³/mol. The molecule has 3 aliphatic rings. The van der Waals surface area contributed by atoms with Crippen LogP contribution in [0.25, 0.3) is 0 Å². The summed E-state index contributed by atoms with van der Waals surface area (Å²) >= 11 is 0. The van der Waals surface area contributed by atoms with Gasteiger partial charge in [0.25, 0.3) is 0 Å². The van der Waals surface area contributed by atoms with Crippen molar-refractivity contribution >= 4 is 5.91 Å². The Balaban J connectivity index is 1.43. The minimum atomic E-state index is 0.105. The smallest absolute Gasteiger partial charge is 0.239 e. The summed E-state index contributed by atoms with van der Waals surface area (Å²) in [4.78, 5) is 17.2. The maximum absolute atomic E-state index is 12.4. The molecule has 0 radical (unpaired) electrons. The van der Waals surface area contributed by atoms with Gasteiger partial charge in [0.2, 0.25) is 5.91 Å². The maximum atomic E-state index is 12.4. The fraction of sp³-hybridized carbons (Fsp3) is 0.944. The van der Waals surface area contributed by atoms with Gasteiger partial charge in [-0.05, 0) is 56.9 Å². The number of hydrogen-bond donors (Lipinski definition) is 1. The summed E-state index contributed by atoms with van der Waals surface area (Å²) in [5.74, 6) is 2.13. The lowest BCUT2D eigenvalue weighted by molar-refractivity contribution is -0.135. The van der Waals surface area contributed by atoms with E-state index >= 15 is 0 Å². The van der Waals surface area contributed by atoms with Crippen LogP contribution in [-0.4, -0.2) is 60.5 Å². The Kier molecular flexibility index (Phi) is 5.40. The minimum Gasteiger partial charge on any atom is -0.339 e. The first kappa shape index (κ1) is 16.3. The van der Waals surface area contributed by atoms with Crippen molar-refractivity contribution in [3.05, 3.63) is 0 Å². The van der Waals surface area contributed by atoms with E-state index in [9.17, 15) is 4.79 Å². The van der Waals surface area contributed by atoms with Gasteiger partial charge in [0.05, 0.1) is 6.04 Å². The van der Waals surface area contributed by atoms with E-state index in [-0.39, 0.29) is 6.04 Å². The van der Waals surface area contributed by atoms with E-state index in [1.807, 2.05) is 0 Å². The summed E-state index contributed by atoms with van der Waals surface area (Å²) in [6.07, 6.45) is 7.69. The second-order valence-electron chi connectivity index (χ2n) is 7.82. The Labute approximate surface area is 135 Å². The normalized spacial score (nSPS) is 34.3. The van der Waals surface area contributed by atoms with E-state index in [4.69, 9.17) is 0 Å². The zero-order valence-electron chi connectivity index (χ0n) is 14.4. The number of hydrogen-bond acceptors (Lipinski definition) is 3. The van der Waals surface area contributed by atoms with Gasteiger partial charge in [0.15, 0.2) is 0 Å². The monoisotopic (exact) mass is 307 g/mol. The Hall–Kier alpha value is -0.610. The summed E-state index contributed by atoms with van der Waals surface area (Å²) in [6, 6.07) is 0.880. The van der Waals surface area contributed by atoms with Crippen LogP contribution >= 0.6 is 0 Å². The SMILES string of the molecule is CC(C)C1CCC(N2CCN(C(=O)C3CCCN3)CC2)CC1. The Morgan fingerprint density at radius 3 is 2.23 bits per heavy atom. The van der Waals surface area contributed by atoms with Crippen molar-refractivity contribution in [2.24, 2.45) is 11.8 Å². The summed E-state index contributed by atoms with van der Waals surface area (Å²) in [5, 5.41) is 3.34. The van der Waals surface area contributed by atoms with Gasteiger partial charge in [-0.3, -0.25) is 9.69 Å². The quantitative estimate of drug-likeness (QED) is 0.867. The molecule has 1 saturated carbocycles. The molecule has 2 heterocycles. The van der Waals surface area contributed by atoms with Gasteiger partial charge in [0, 0.05) is 32.2 Å². The highest BCUT2D eigenvalue weighted by Crippen LogP contribution is 2.32. The van der Waals surface area contributed by atoms with Crippen LogP contribution in [-0.2, 0) is 4.79 Å². The number of nitrogens with one attached hydrogen (secondary N) is 1. The van der Waals surface area contributed by atoms with Crippen LogP contribution < -0.4 is 5.32 Å². The fourth-order valence-corrected chi connectivity index (χ4v) is 4.56. The van der Waals surface area contributed by atoms with Crippen LogP contribution in [0.4, 0.5) is 0 Å². The van der Waals surface area contributed by atoms with Gasteiger partial charge in [-0.2, -0.15) is 0 Å². The molecule has 1 unspecified atom stereocenters. The standard InChI is InChI=1S/C18H33N3O/c1-14(2)15-5-7-16(8-6-15)20-10-12-21(13-11-20)18(22)17-4-3-9-19-17/h14-17,19H,3-13H2,1-2H3. The van der Waals surface area contributed by atoms with Gasteiger partial charge in [0.1, 0.15) is 0 Å². The lowest BCUT2D eigenvalue weighted by Crippen LogP contribution is -2.55. The molecule has 22 heavy (non-hydrogen) atoms. The minimum absolute atomic E-state index is 0.105. The van der Waals surface area contributed by atoms with E-state index in [1.165, 1.54) is 25.7 Å². The lowest BCUT2D eigenvalue weighted by atomic mass is 9.79. The molecule has 0 spiro atoms. The third kappa shape index (κ3) is 3.65. The van der Waals surface area contributed by atoms with Gasteiger partial charge >= 0.3 is 0 Å². The molecular formula is C18H33N3O. The van der Waals surface area contributed by atoms with Gasteiger partial charge in [-0.1, -0.05) is 13.8 Å². The summed E-state index contributed by atoms with van der Waals surface area (Å²) in [6.45, 7) is 9.77. The highest BCUT2D eigenvalue weighted by molar-refractivity contribution is 5.82. The molecule has 3 fully saturated rings. The third-order valence-electron chi connectivity index (χ3n) is 6.18. The van der Waals surface area contributed by atoms with E-state index in [0.717, 1.165) is 63.4 Å². The summed E-state index contributed by atoms with van der Waals surface area (Å²) < 4.78 is 0. The average Bonchev–Trinajstić information content (AvgIpc) is 3.09. The summed E-state index contributed by atoms with van der Waals surface area (Å²) in [5.41, 5.74) is 0. The van der Waals surface area contributed by atoms with E-state index in [0.29, 0.717) is 5.91 Å². The zero-order chi connectivity index (χ0) is 15.5. The van der Waals surface area contributed by atoms with Crippen LogP contribution in [0.5, 0.6) is 0 Å². The molecule has 0 bridgehead atoms. The first-order valence-corrected chi connectivity index (χ1v) is 9.41. The van der Waals surface area contributed by atoms with E-state index in [1.54, 1.807) is 0 Å². The molecular weight excluding hydrogens is 274 g/mol. The van der Waals surface area contributed by atoms with Crippen molar-refractivity contribution < 1.29 is 4.79 Å². The van der Waals surface area contributed by atoms with Crippen LogP contribution in [0.15, 0.2) is 0 Å². The Bertz CT molecular complexity index is 363. The Morgan fingerprint density at radius 2 is 1.68 bits per heavy atom. The van der Waals surface area contributed by atoms with Gasteiger partial charge in [-0.15, -0.1) is 0 Å². The Morgan fingerprint density at radius 1 is 1.00 bits per heavy atom. The number of piperazine rings is 1. The molecule has 2 aliphatic heterocycles. The first-order valence-electron chi connectivity index (χ1n) is 9.41. The van der Waals surface area contributed by atoms with Crippen molar-refractivity contribution in [1.29, 1.82) is 0 Å². The number of carbonyl (C=O) groups excluding carboxylic acids is 1. The van der Waals surface area contributed by atoms with Crippen molar-refractivity contribution in [3.63, 3.8) is 0 Å². The van der Waals surface area contributed by atoms with E-state index < -0.39 is 0 Å². The van der Waals surface area contributed by atoms with Gasteiger partial charge < -0.3 is 10.2 Å². The lowest BCUT2D eigenvalue weighted by Gasteiger charge is -2.43. The molecule has 1 aliphatic carbocycles. The topological polar surface area (TPSA) is 35.6 Å². The number of amides is 1. The zero-order valence-corrected chi connectivity index (χ0v) is 14.4. The average molecular weight is 307 g/mol. The van der Waals surface area contributed by atoms with Crippen molar-refractivity contribution in [2.75, 3.05) is 32.7 Å². The molecule has 2 saturated heterocycles. The highest BCUT2D eigenvalue weighted by atomic mass is 16.2. The molecule has 0 aromatic heterocycles. The summed E-state index contributed by atoms with van der Waals surface area (Å²) in [7, 11) is 0. The predicted octanol–water partition coefficient (Wildman–Crippen LogP) is 2.10. The van der Waals surface area contributed by atoms with Crippen molar-refractivity contribution in [3.8, 4) is 0 Å². The molecule has 1 N–H and O–H groups in total. The molecule has 4 nitrogen and oxygen atoms in total. The molecule has 126 valence electrons. The second kappa shape index (κ2) is 7.31. The number of rotatable bonds is 3. The molecule has 4 heteroatoms. The van der Waals surface area contributed by atoms with E-state index in [2.05, 4.69) is 29.0 Å². The van der Waals surface area contributed by atoms with Crippen LogP contribution in [0, 0.1) is 11.8 Å². The molecule has 3 rings (SSSR count). The number of nitrogens with zero attached hydrogens (tertiary/aromatic N) is 2. The molecule has 1 amide bonds. The largest absolute Gasteiger partial charge is 0.339 e. The number of carbonyl (C=O) groups is 1. The third-order valence-corrected chi connectivity index (χ3v) is 6.18. The molecule has 0 aromatic carbocycles.